The Balaban J connectivity index is 3.14. The molecule has 14 heavy (non-hydrogen) atoms. The third kappa shape index (κ3) is 2.35. The Morgan fingerprint density at radius 2 is 1.93 bits per heavy atom. The van der Waals surface area contributed by atoms with Crippen LogP contribution >= 0.6 is 0 Å². The summed E-state index contributed by atoms with van der Waals surface area (Å²) in [6, 6.07) is 5.41. The average Bonchev–Trinajstić information content (AvgIpc) is 2.07. The van der Waals surface area contributed by atoms with Gasteiger partial charge in [-0.25, -0.2) is 4.39 Å². The van der Waals surface area contributed by atoms with Gasteiger partial charge < -0.3 is 4.74 Å². The normalized spacial score (nSPS) is 11.5. The van der Waals surface area contributed by atoms with Gasteiger partial charge in [-0.3, -0.25) is 0 Å². The highest BCUT2D eigenvalue weighted by Crippen LogP contribution is 2.17. The van der Waals surface area contributed by atoms with Gasteiger partial charge in [-0.15, -0.1) is 0 Å². The standard InChI is InChI=1S/C11H17FOSi/c1-5-13-9-7-6-8-10(11(9)12)14(2,3)4/h6-8H,5H2,1-4H3. The molecule has 0 saturated heterocycles. The number of halogens is 1. The first-order valence-corrected chi connectivity index (χ1v) is 8.38. The maximum Gasteiger partial charge on any atom is 0.164 e. The monoisotopic (exact) mass is 212 g/mol. The molecule has 0 unspecified atom stereocenters. The molecule has 78 valence electrons. The molecule has 1 aromatic rings. The van der Waals surface area contributed by atoms with E-state index in [0.29, 0.717) is 12.4 Å². The maximum atomic E-state index is 13.9. The molecule has 0 atom stereocenters. The highest BCUT2D eigenvalue weighted by atomic mass is 28.3. The van der Waals surface area contributed by atoms with Crippen LogP contribution in [-0.2, 0) is 0 Å². The lowest BCUT2D eigenvalue weighted by atomic mass is 10.3. The van der Waals surface area contributed by atoms with E-state index in [4.69, 9.17) is 4.74 Å². The van der Waals surface area contributed by atoms with Gasteiger partial charge in [0.05, 0.1) is 14.7 Å². The lowest BCUT2D eigenvalue weighted by molar-refractivity contribution is 0.322. The predicted molar refractivity (Wildman–Crippen MR) is 60.5 cm³/mol. The van der Waals surface area contributed by atoms with Gasteiger partial charge >= 0.3 is 0 Å². The summed E-state index contributed by atoms with van der Waals surface area (Å²) >= 11 is 0. The highest BCUT2D eigenvalue weighted by molar-refractivity contribution is 6.88. The van der Waals surface area contributed by atoms with E-state index in [1.54, 1.807) is 6.07 Å². The Labute approximate surface area is 85.9 Å². The van der Waals surface area contributed by atoms with Gasteiger partial charge in [0, 0.05) is 0 Å². The second kappa shape index (κ2) is 4.13. The Hall–Kier alpha value is -0.833. The Morgan fingerprint density at radius 3 is 2.43 bits per heavy atom. The minimum Gasteiger partial charge on any atom is -0.491 e. The van der Waals surface area contributed by atoms with Crippen LogP contribution < -0.4 is 9.92 Å². The van der Waals surface area contributed by atoms with Gasteiger partial charge in [0.2, 0.25) is 0 Å². The molecule has 0 aliphatic heterocycles. The first-order chi connectivity index (χ1) is 6.46. The summed E-state index contributed by atoms with van der Waals surface area (Å²) in [4.78, 5) is 0. The van der Waals surface area contributed by atoms with Crippen molar-refractivity contribution < 1.29 is 9.13 Å². The van der Waals surface area contributed by atoms with Crippen molar-refractivity contribution >= 4 is 13.3 Å². The van der Waals surface area contributed by atoms with Gasteiger partial charge in [-0.1, -0.05) is 31.8 Å². The van der Waals surface area contributed by atoms with E-state index < -0.39 is 8.07 Å². The smallest absolute Gasteiger partial charge is 0.164 e. The molecular weight excluding hydrogens is 195 g/mol. The Morgan fingerprint density at radius 1 is 1.29 bits per heavy atom. The largest absolute Gasteiger partial charge is 0.491 e. The summed E-state index contributed by atoms with van der Waals surface area (Å²) < 4.78 is 19.1. The van der Waals surface area contributed by atoms with Crippen LogP contribution in [0.1, 0.15) is 6.92 Å². The maximum absolute atomic E-state index is 13.9. The molecular formula is C11H17FOSi. The molecule has 0 saturated carbocycles. The number of hydrogen-bond donors (Lipinski definition) is 0. The van der Waals surface area contributed by atoms with Crippen molar-refractivity contribution in [3.05, 3.63) is 24.0 Å². The molecule has 0 radical (unpaired) electrons. The molecule has 0 aliphatic carbocycles. The molecule has 0 fully saturated rings. The quantitative estimate of drug-likeness (QED) is 0.700. The van der Waals surface area contributed by atoms with Crippen molar-refractivity contribution in [1.29, 1.82) is 0 Å². The lowest BCUT2D eigenvalue weighted by Gasteiger charge is -2.18. The van der Waals surface area contributed by atoms with Crippen LogP contribution in [-0.4, -0.2) is 14.7 Å². The van der Waals surface area contributed by atoms with E-state index in [1.165, 1.54) is 0 Å². The van der Waals surface area contributed by atoms with Crippen LogP contribution in [0.15, 0.2) is 18.2 Å². The van der Waals surface area contributed by atoms with E-state index >= 15 is 0 Å². The summed E-state index contributed by atoms with van der Waals surface area (Å²) in [7, 11) is -1.59. The van der Waals surface area contributed by atoms with Crippen molar-refractivity contribution in [3.63, 3.8) is 0 Å². The van der Waals surface area contributed by atoms with Gasteiger partial charge in [-0.2, -0.15) is 0 Å². The van der Waals surface area contributed by atoms with Crippen LogP contribution in [0.5, 0.6) is 5.75 Å². The summed E-state index contributed by atoms with van der Waals surface area (Å²) in [5.74, 6) is 0.209. The second-order valence-electron chi connectivity index (χ2n) is 4.30. The van der Waals surface area contributed by atoms with Crippen molar-refractivity contribution in [2.24, 2.45) is 0 Å². The fraction of sp³-hybridized carbons (Fsp3) is 0.455. The summed E-state index contributed by atoms with van der Waals surface area (Å²) in [5.41, 5.74) is 0. The summed E-state index contributed by atoms with van der Waals surface area (Å²) in [6.45, 7) is 8.75. The highest BCUT2D eigenvalue weighted by Gasteiger charge is 2.22. The Bertz CT molecular complexity index is 318. The van der Waals surface area contributed by atoms with Crippen LogP contribution in [0.3, 0.4) is 0 Å². The fourth-order valence-corrected chi connectivity index (χ4v) is 2.73. The first-order valence-electron chi connectivity index (χ1n) is 4.88. The van der Waals surface area contributed by atoms with Crippen LogP contribution in [0.25, 0.3) is 0 Å². The summed E-state index contributed by atoms with van der Waals surface area (Å²) in [5, 5.41) is 0.837. The Kier molecular flexibility index (Phi) is 3.32. The molecule has 1 nitrogen and oxygen atoms in total. The molecule has 0 N–H and O–H groups in total. The van der Waals surface area contributed by atoms with Gasteiger partial charge in [0.15, 0.2) is 11.6 Å². The molecule has 0 aromatic heterocycles. The van der Waals surface area contributed by atoms with Crippen LogP contribution in [0, 0.1) is 5.82 Å². The topological polar surface area (TPSA) is 9.23 Å². The van der Waals surface area contributed by atoms with Crippen molar-refractivity contribution in [3.8, 4) is 5.75 Å². The van der Waals surface area contributed by atoms with Crippen molar-refractivity contribution in [1.82, 2.24) is 0 Å². The third-order valence-corrected chi connectivity index (χ3v) is 4.07. The molecule has 1 aromatic carbocycles. The molecule has 0 aliphatic rings. The number of ether oxygens (including phenoxy) is 1. The van der Waals surface area contributed by atoms with Gasteiger partial charge in [0.1, 0.15) is 0 Å². The molecule has 1 rings (SSSR count). The van der Waals surface area contributed by atoms with E-state index in [-0.39, 0.29) is 5.82 Å². The van der Waals surface area contributed by atoms with Crippen LogP contribution in [0.4, 0.5) is 4.39 Å². The zero-order chi connectivity index (χ0) is 10.8. The number of benzene rings is 1. The zero-order valence-electron chi connectivity index (χ0n) is 9.23. The molecule has 3 heteroatoms. The SMILES string of the molecule is CCOc1cccc([Si](C)(C)C)c1F. The summed E-state index contributed by atoms with van der Waals surface area (Å²) in [6.07, 6.45) is 0. The minimum absolute atomic E-state index is 0.173. The minimum atomic E-state index is -1.59. The van der Waals surface area contributed by atoms with Crippen molar-refractivity contribution in [2.45, 2.75) is 26.6 Å². The second-order valence-corrected chi connectivity index (χ2v) is 9.34. The lowest BCUT2D eigenvalue weighted by Crippen LogP contribution is -2.40. The van der Waals surface area contributed by atoms with Gasteiger partial charge in [0.25, 0.3) is 0 Å². The van der Waals surface area contributed by atoms with Gasteiger partial charge in [-0.05, 0) is 18.2 Å². The van der Waals surface area contributed by atoms with E-state index in [2.05, 4.69) is 19.6 Å². The van der Waals surface area contributed by atoms with E-state index in [1.807, 2.05) is 19.1 Å². The molecule has 0 amide bonds. The zero-order valence-corrected chi connectivity index (χ0v) is 10.2. The number of hydrogen-bond acceptors (Lipinski definition) is 1. The molecule has 0 bridgehead atoms. The third-order valence-electron chi connectivity index (χ3n) is 2.07. The average molecular weight is 212 g/mol. The van der Waals surface area contributed by atoms with Crippen LogP contribution in [0.2, 0.25) is 19.6 Å². The molecule has 0 spiro atoms. The van der Waals surface area contributed by atoms with E-state index in [0.717, 1.165) is 5.19 Å². The molecule has 0 heterocycles. The van der Waals surface area contributed by atoms with Crippen molar-refractivity contribution in [2.75, 3.05) is 6.61 Å². The predicted octanol–water partition coefficient (Wildman–Crippen LogP) is 2.77. The number of rotatable bonds is 3. The fourth-order valence-electron chi connectivity index (χ4n) is 1.36. The van der Waals surface area contributed by atoms with E-state index in [9.17, 15) is 4.39 Å². The first kappa shape index (κ1) is 11.2.